The second-order valence-electron chi connectivity index (χ2n) is 5.36. The van der Waals surface area contributed by atoms with E-state index in [1.165, 1.54) is 17.7 Å². The van der Waals surface area contributed by atoms with Gasteiger partial charge in [0.1, 0.15) is 0 Å². The topological polar surface area (TPSA) is 29.9 Å². The van der Waals surface area contributed by atoms with E-state index in [4.69, 9.17) is 0 Å². The fourth-order valence-electron chi connectivity index (χ4n) is 3.18. The SMILES string of the molecule is CCn1cncc1C1CCNCC1c1ccc(Br)cc1. The van der Waals surface area contributed by atoms with E-state index < -0.39 is 0 Å². The van der Waals surface area contributed by atoms with Crippen LogP contribution in [0, 0.1) is 0 Å². The Balaban J connectivity index is 1.93. The maximum atomic E-state index is 4.35. The van der Waals surface area contributed by atoms with Gasteiger partial charge in [0.05, 0.1) is 6.33 Å². The van der Waals surface area contributed by atoms with Crippen molar-refractivity contribution in [1.29, 1.82) is 0 Å². The molecule has 106 valence electrons. The minimum Gasteiger partial charge on any atom is -0.335 e. The molecule has 4 heteroatoms. The van der Waals surface area contributed by atoms with Crippen molar-refractivity contribution in [2.75, 3.05) is 13.1 Å². The zero-order valence-electron chi connectivity index (χ0n) is 11.7. The number of imidazole rings is 1. The standard InChI is InChI=1S/C16H20BrN3/c1-2-20-11-19-10-16(20)14-7-8-18-9-15(14)12-3-5-13(17)6-4-12/h3-6,10-11,14-15,18H,2,7-9H2,1H3. The molecule has 1 fully saturated rings. The second kappa shape index (κ2) is 6.10. The third-order valence-electron chi connectivity index (χ3n) is 4.25. The van der Waals surface area contributed by atoms with Crippen LogP contribution in [-0.4, -0.2) is 22.6 Å². The Labute approximate surface area is 128 Å². The van der Waals surface area contributed by atoms with Crippen LogP contribution in [0.25, 0.3) is 0 Å². The number of aryl methyl sites for hydroxylation is 1. The highest BCUT2D eigenvalue weighted by Gasteiger charge is 2.29. The van der Waals surface area contributed by atoms with E-state index in [0.717, 1.165) is 24.1 Å². The quantitative estimate of drug-likeness (QED) is 0.931. The highest BCUT2D eigenvalue weighted by molar-refractivity contribution is 9.10. The molecule has 1 aromatic carbocycles. The number of nitrogens with zero attached hydrogens (tertiary/aromatic N) is 2. The summed E-state index contributed by atoms with van der Waals surface area (Å²) in [7, 11) is 0. The monoisotopic (exact) mass is 333 g/mol. The van der Waals surface area contributed by atoms with Crippen LogP contribution in [-0.2, 0) is 6.54 Å². The van der Waals surface area contributed by atoms with Gasteiger partial charge in [-0.15, -0.1) is 0 Å². The molecule has 1 saturated heterocycles. The van der Waals surface area contributed by atoms with Crippen LogP contribution < -0.4 is 5.32 Å². The molecule has 0 radical (unpaired) electrons. The lowest BCUT2D eigenvalue weighted by Crippen LogP contribution is -2.34. The number of rotatable bonds is 3. The molecule has 2 aromatic rings. The van der Waals surface area contributed by atoms with Crippen molar-refractivity contribution < 1.29 is 0 Å². The Bertz CT molecular complexity index is 561. The molecule has 0 aliphatic carbocycles. The third-order valence-corrected chi connectivity index (χ3v) is 4.77. The molecule has 0 spiro atoms. The summed E-state index contributed by atoms with van der Waals surface area (Å²) >= 11 is 3.52. The van der Waals surface area contributed by atoms with Gasteiger partial charge < -0.3 is 9.88 Å². The van der Waals surface area contributed by atoms with Crippen LogP contribution in [0.15, 0.2) is 41.3 Å². The summed E-state index contributed by atoms with van der Waals surface area (Å²) in [5.74, 6) is 1.08. The first kappa shape index (κ1) is 13.8. The second-order valence-corrected chi connectivity index (χ2v) is 6.28. The molecule has 1 aromatic heterocycles. The van der Waals surface area contributed by atoms with E-state index in [-0.39, 0.29) is 0 Å². The van der Waals surface area contributed by atoms with E-state index >= 15 is 0 Å². The van der Waals surface area contributed by atoms with Crippen molar-refractivity contribution in [2.45, 2.75) is 31.7 Å². The van der Waals surface area contributed by atoms with Crippen molar-refractivity contribution in [3.63, 3.8) is 0 Å². The summed E-state index contributed by atoms with van der Waals surface area (Å²) in [6.07, 6.45) is 5.17. The van der Waals surface area contributed by atoms with Crippen LogP contribution in [0.5, 0.6) is 0 Å². The molecule has 1 N–H and O–H groups in total. The number of hydrogen-bond donors (Lipinski definition) is 1. The van der Waals surface area contributed by atoms with Crippen molar-refractivity contribution in [1.82, 2.24) is 14.9 Å². The largest absolute Gasteiger partial charge is 0.335 e. The van der Waals surface area contributed by atoms with Crippen LogP contribution >= 0.6 is 15.9 Å². The Hall–Kier alpha value is -1.13. The molecule has 20 heavy (non-hydrogen) atoms. The Morgan fingerprint density at radius 2 is 2.10 bits per heavy atom. The number of halogens is 1. The van der Waals surface area contributed by atoms with E-state index in [9.17, 15) is 0 Å². The number of aromatic nitrogens is 2. The fourth-order valence-corrected chi connectivity index (χ4v) is 3.44. The minimum absolute atomic E-state index is 0.527. The van der Waals surface area contributed by atoms with Gasteiger partial charge in [0.15, 0.2) is 0 Å². The van der Waals surface area contributed by atoms with Gasteiger partial charge in [0.25, 0.3) is 0 Å². The zero-order chi connectivity index (χ0) is 13.9. The first-order valence-corrected chi connectivity index (χ1v) is 8.05. The summed E-state index contributed by atoms with van der Waals surface area (Å²) in [6.45, 7) is 5.31. The Morgan fingerprint density at radius 1 is 1.30 bits per heavy atom. The molecule has 0 amide bonds. The Kier molecular flexibility index (Phi) is 4.22. The maximum absolute atomic E-state index is 4.35. The van der Waals surface area contributed by atoms with Gasteiger partial charge in [-0.1, -0.05) is 28.1 Å². The van der Waals surface area contributed by atoms with E-state index in [0.29, 0.717) is 11.8 Å². The highest BCUT2D eigenvalue weighted by atomic mass is 79.9. The van der Waals surface area contributed by atoms with E-state index in [1.54, 1.807) is 0 Å². The van der Waals surface area contributed by atoms with Gasteiger partial charge in [-0.25, -0.2) is 4.98 Å². The van der Waals surface area contributed by atoms with Gasteiger partial charge in [0, 0.05) is 41.3 Å². The smallest absolute Gasteiger partial charge is 0.0948 e. The summed E-state index contributed by atoms with van der Waals surface area (Å²) < 4.78 is 3.42. The van der Waals surface area contributed by atoms with Gasteiger partial charge in [-0.3, -0.25) is 0 Å². The lowest BCUT2D eigenvalue weighted by atomic mass is 9.79. The molecule has 3 nitrogen and oxygen atoms in total. The average Bonchev–Trinajstić information content (AvgIpc) is 2.96. The first-order valence-electron chi connectivity index (χ1n) is 7.25. The summed E-state index contributed by atoms with van der Waals surface area (Å²) in [5, 5.41) is 3.54. The number of hydrogen-bond acceptors (Lipinski definition) is 2. The molecule has 2 heterocycles. The lowest BCUT2D eigenvalue weighted by molar-refractivity contribution is 0.388. The summed E-state index contributed by atoms with van der Waals surface area (Å²) in [6, 6.07) is 8.75. The number of piperidine rings is 1. The van der Waals surface area contributed by atoms with Crippen LogP contribution in [0.4, 0.5) is 0 Å². The zero-order valence-corrected chi connectivity index (χ0v) is 13.3. The average molecular weight is 334 g/mol. The Morgan fingerprint density at radius 3 is 2.85 bits per heavy atom. The third kappa shape index (κ3) is 2.67. The van der Waals surface area contributed by atoms with Crippen molar-refractivity contribution in [3.05, 3.63) is 52.5 Å². The molecule has 2 unspecified atom stereocenters. The molecule has 0 bridgehead atoms. The van der Waals surface area contributed by atoms with Gasteiger partial charge >= 0.3 is 0 Å². The van der Waals surface area contributed by atoms with Gasteiger partial charge in [-0.2, -0.15) is 0 Å². The lowest BCUT2D eigenvalue weighted by Gasteiger charge is -2.33. The van der Waals surface area contributed by atoms with Crippen molar-refractivity contribution >= 4 is 15.9 Å². The number of nitrogens with one attached hydrogen (secondary N) is 1. The van der Waals surface area contributed by atoms with Crippen molar-refractivity contribution in [3.8, 4) is 0 Å². The summed E-state index contributed by atoms with van der Waals surface area (Å²) in [5.41, 5.74) is 2.79. The molecule has 2 atom stereocenters. The summed E-state index contributed by atoms with van der Waals surface area (Å²) in [4.78, 5) is 4.35. The predicted molar refractivity (Wildman–Crippen MR) is 85.0 cm³/mol. The first-order chi connectivity index (χ1) is 9.79. The minimum atomic E-state index is 0.527. The number of benzene rings is 1. The fraction of sp³-hybridized carbons (Fsp3) is 0.438. The van der Waals surface area contributed by atoms with Crippen molar-refractivity contribution in [2.24, 2.45) is 0 Å². The normalized spacial score (nSPS) is 22.9. The molecular formula is C16H20BrN3. The van der Waals surface area contributed by atoms with Gasteiger partial charge in [-0.05, 0) is 37.6 Å². The van der Waals surface area contributed by atoms with E-state index in [1.807, 2.05) is 12.5 Å². The van der Waals surface area contributed by atoms with Crippen LogP contribution in [0.1, 0.15) is 36.4 Å². The van der Waals surface area contributed by atoms with Crippen LogP contribution in [0.3, 0.4) is 0 Å². The molecular weight excluding hydrogens is 314 g/mol. The van der Waals surface area contributed by atoms with E-state index in [2.05, 4.69) is 62.0 Å². The molecule has 1 aliphatic heterocycles. The van der Waals surface area contributed by atoms with Gasteiger partial charge in [0.2, 0.25) is 0 Å². The maximum Gasteiger partial charge on any atom is 0.0948 e. The molecule has 1 aliphatic rings. The highest BCUT2D eigenvalue weighted by Crippen LogP contribution is 2.37. The molecule has 3 rings (SSSR count). The van der Waals surface area contributed by atoms with Crippen LogP contribution in [0.2, 0.25) is 0 Å². The predicted octanol–water partition coefficient (Wildman–Crippen LogP) is 3.53. The molecule has 0 saturated carbocycles.